The number of amides is 2. The first-order valence-electron chi connectivity index (χ1n) is 9.99. The Balaban J connectivity index is 1.47. The number of nitrogens with one attached hydrogen (secondary N) is 1. The van der Waals surface area contributed by atoms with Crippen LogP contribution in [0.4, 0.5) is 0 Å². The molecule has 0 spiro atoms. The maximum Gasteiger partial charge on any atom is 0.273 e. The maximum absolute atomic E-state index is 13.3. The van der Waals surface area contributed by atoms with Crippen LogP contribution in [-0.4, -0.2) is 69.5 Å². The fourth-order valence-electron chi connectivity index (χ4n) is 3.78. The molecule has 1 aliphatic heterocycles. The number of pyridine rings is 1. The zero-order valence-electron chi connectivity index (χ0n) is 16.8. The third kappa shape index (κ3) is 4.16. The summed E-state index contributed by atoms with van der Waals surface area (Å²) in [5.74, 6) is -0.371. The van der Waals surface area contributed by atoms with E-state index in [1.165, 1.54) is 0 Å². The van der Waals surface area contributed by atoms with Gasteiger partial charge in [-0.3, -0.25) is 14.6 Å². The summed E-state index contributed by atoms with van der Waals surface area (Å²) < 4.78 is 6.54. The van der Waals surface area contributed by atoms with Crippen molar-refractivity contribution in [3.63, 3.8) is 0 Å². The highest BCUT2D eigenvalue weighted by atomic mass is 16.5. The van der Waals surface area contributed by atoms with Crippen LogP contribution in [0.5, 0.6) is 0 Å². The van der Waals surface area contributed by atoms with Gasteiger partial charge in [-0.25, -0.2) is 4.68 Å². The molecular formula is C21H24N6O3. The standard InChI is InChI=1S/C21H24N6O3/c1-30-12-10-23-20(28)18-14-26(25-24-18)13-16-6-4-11-27(16)21(29)19-17-7-3-2-5-15(17)8-9-22-19/h2-3,5,7-9,14,16H,4,6,10-13H2,1H3,(H,23,28)/t16-/m0/s1. The summed E-state index contributed by atoms with van der Waals surface area (Å²) in [4.78, 5) is 31.6. The van der Waals surface area contributed by atoms with Crippen molar-refractivity contribution in [1.82, 2.24) is 30.2 Å². The highest BCUT2D eigenvalue weighted by Gasteiger charge is 2.31. The molecule has 1 fully saturated rings. The van der Waals surface area contributed by atoms with E-state index in [1.807, 2.05) is 35.2 Å². The van der Waals surface area contributed by atoms with Crippen molar-refractivity contribution in [1.29, 1.82) is 0 Å². The largest absolute Gasteiger partial charge is 0.383 e. The van der Waals surface area contributed by atoms with Gasteiger partial charge in [-0.1, -0.05) is 29.5 Å². The number of methoxy groups -OCH3 is 1. The molecule has 4 rings (SSSR count). The van der Waals surface area contributed by atoms with E-state index >= 15 is 0 Å². The topological polar surface area (TPSA) is 102 Å². The van der Waals surface area contributed by atoms with Gasteiger partial charge < -0.3 is 15.0 Å². The van der Waals surface area contributed by atoms with Crippen molar-refractivity contribution < 1.29 is 14.3 Å². The van der Waals surface area contributed by atoms with E-state index < -0.39 is 0 Å². The summed E-state index contributed by atoms with van der Waals surface area (Å²) >= 11 is 0. The Labute approximate surface area is 174 Å². The van der Waals surface area contributed by atoms with Gasteiger partial charge >= 0.3 is 0 Å². The van der Waals surface area contributed by atoms with Gasteiger partial charge in [-0.2, -0.15) is 0 Å². The van der Waals surface area contributed by atoms with Crippen LogP contribution < -0.4 is 5.32 Å². The van der Waals surface area contributed by atoms with Gasteiger partial charge in [0.05, 0.1) is 25.4 Å². The second kappa shape index (κ2) is 9.00. The van der Waals surface area contributed by atoms with E-state index in [2.05, 4.69) is 20.6 Å². The van der Waals surface area contributed by atoms with Crippen LogP contribution in [0.15, 0.2) is 42.7 Å². The number of hydrogen-bond donors (Lipinski definition) is 1. The molecule has 156 valence electrons. The van der Waals surface area contributed by atoms with Crippen LogP contribution in [0.2, 0.25) is 0 Å². The molecule has 2 amide bonds. The molecule has 1 saturated heterocycles. The summed E-state index contributed by atoms with van der Waals surface area (Å²) in [7, 11) is 1.57. The van der Waals surface area contributed by atoms with Crippen molar-refractivity contribution in [3.05, 3.63) is 54.1 Å². The Morgan fingerprint density at radius 3 is 3.00 bits per heavy atom. The lowest BCUT2D eigenvalue weighted by Gasteiger charge is -2.24. The molecular weight excluding hydrogens is 384 g/mol. The van der Waals surface area contributed by atoms with Crippen LogP contribution in [0.1, 0.15) is 33.8 Å². The molecule has 1 aromatic carbocycles. The lowest BCUT2D eigenvalue weighted by Crippen LogP contribution is -2.38. The molecule has 3 aromatic rings. The first-order valence-corrected chi connectivity index (χ1v) is 9.99. The van der Waals surface area contributed by atoms with E-state index in [4.69, 9.17) is 4.74 Å². The highest BCUT2D eigenvalue weighted by Crippen LogP contribution is 2.24. The van der Waals surface area contributed by atoms with Crippen molar-refractivity contribution in [3.8, 4) is 0 Å². The van der Waals surface area contributed by atoms with Crippen LogP contribution in [0, 0.1) is 0 Å². The lowest BCUT2D eigenvalue weighted by molar-refractivity contribution is 0.0717. The van der Waals surface area contributed by atoms with E-state index in [1.54, 1.807) is 24.2 Å². The average Bonchev–Trinajstić information content (AvgIpc) is 3.43. The number of fused-ring (bicyclic) bond motifs is 1. The van der Waals surface area contributed by atoms with E-state index in [-0.39, 0.29) is 23.6 Å². The summed E-state index contributed by atoms with van der Waals surface area (Å²) in [6, 6.07) is 9.64. The van der Waals surface area contributed by atoms with Crippen LogP contribution >= 0.6 is 0 Å². The van der Waals surface area contributed by atoms with Crippen LogP contribution in [0.25, 0.3) is 10.8 Å². The minimum absolute atomic E-state index is 0.0237. The molecule has 2 aromatic heterocycles. The van der Waals surface area contributed by atoms with Crippen molar-refractivity contribution >= 4 is 22.6 Å². The smallest absolute Gasteiger partial charge is 0.273 e. The molecule has 9 nitrogen and oxygen atoms in total. The molecule has 0 radical (unpaired) electrons. The molecule has 1 atom stereocenters. The number of hydrogen-bond acceptors (Lipinski definition) is 6. The van der Waals surface area contributed by atoms with Crippen molar-refractivity contribution in [2.75, 3.05) is 26.8 Å². The first kappa shape index (κ1) is 20.0. The Morgan fingerprint density at radius 1 is 1.27 bits per heavy atom. The number of carbonyl (C=O) groups is 2. The number of ether oxygens (including phenoxy) is 1. The quantitative estimate of drug-likeness (QED) is 0.595. The number of nitrogens with zero attached hydrogens (tertiary/aromatic N) is 5. The zero-order chi connectivity index (χ0) is 20.9. The summed E-state index contributed by atoms with van der Waals surface area (Å²) in [6.07, 6.45) is 5.07. The van der Waals surface area contributed by atoms with Gasteiger partial charge in [0.2, 0.25) is 0 Å². The Bertz CT molecular complexity index is 1040. The van der Waals surface area contributed by atoms with Crippen molar-refractivity contribution in [2.24, 2.45) is 0 Å². The molecule has 1 N–H and O–H groups in total. The SMILES string of the molecule is COCCNC(=O)c1cn(C[C@@H]2CCCN2C(=O)c2nccc3ccccc23)nn1. The van der Waals surface area contributed by atoms with Gasteiger partial charge in [0, 0.05) is 31.8 Å². The number of aromatic nitrogens is 4. The van der Waals surface area contributed by atoms with Gasteiger partial charge in [0.15, 0.2) is 5.69 Å². The molecule has 0 aliphatic carbocycles. The van der Waals surface area contributed by atoms with Gasteiger partial charge in [-0.05, 0) is 24.3 Å². The lowest BCUT2D eigenvalue weighted by atomic mass is 10.1. The van der Waals surface area contributed by atoms with Gasteiger partial charge in [0.25, 0.3) is 11.8 Å². The predicted molar refractivity (Wildman–Crippen MR) is 110 cm³/mol. The first-order chi connectivity index (χ1) is 14.7. The minimum Gasteiger partial charge on any atom is -0.383 e. The molecule has 9 heteroatoms. The maximum atomic E-state index is 13.3. The van der Waals surface area contributed by atoms with Gasteiger partial charge in [-0.15, -0.1) is 5.10 Å². The average molecular weight is 408 g/mol. The summed E-state index contributed by atoms with van der Waals surface area (Å²) in [5.41, 5.74) is 0.717. The number of likely N-dealkylation sites (tertiary alicyclic amines) is 1. The van der Waals surface area contributed by atoms with Crippen molar-refractivity contribution in [2.45, 2.75) is 25.4 Å². The highest BCUT2D eigenvalue weighted by molar-refractivity contribution is 6.05. The molecule has 30 heavy (non-hydrogen) atoms. The number of rotatable bonds is 7. The predicted octanol–water partition coefficient (Wildman–Crippen LogP) is 1.51. The third-order valence-electron chi connectivity index (χ3n) is 5.28. The van der Waals surface area contributed by atoms with E-state index in [0.29, 0.717) is 31.9 Å². The number of benzene rings is 1. The summed E-state index contributed by atoms with van der Waals surface area (Å²) in [5, 5.41) is 12.6. The monoisotopic (exact) mass is 408 g/mol. The Morgan fingerprint density at radius 2 is 2.13 bits per heavy atom. The van der Waals surface area contributed by atoms with Crippen LogP contribution in [-0.2, 0) is 11.3 Å². The van der Waals surface area contributed by atoms with Crippen LogP contribution in [0.3, 0.4) is 0 Å². The second-order valence-corrected chi connectivity index (χ2v) is 7.25. The minimum atomic E-state index is -0.294. The third-order valence-corrected chi connectivity index (χ3v) is 5.28. The second-order valence-electron chi connectivity index (χ2n) is 7.25. The number of carbonyl (C=O) groups excluding carboxylic acids is 2. The Hall–Kier alpha value is -3.33. The van der Waals surface area contributed by atoms with Gasteiger partial charge in [0.1, 0.15) is 5.69 Å². The Kier molecular flexibility index (Phi) is 5.99. The molecule has 1 aliphatic rings. The summed E-state index contributed by atoms with van der Waals surface area (Å²) in [6.45, 7) is 1.99. The molecule has 3 heterocycles. The fourth-order valence-corrected chi connectivity index (χ4v) is 3.78. The molecule has 0 unspecified atom stereocenters. The normalized spacial score (nSPS) is 16.2. The fraction of sp³-hybridized carbons (Fsp3) is 0.381. The molecule has 0 bridgehead atoms. The molecule has 0 saturated carbocycles. The van der Waals surface area contributed by atoms with E-state index in [0.717, 1.165) is 23.6 Å². The van der Waals surface area contributed by atoms with E-state index in [9.17, 15) is 9.59 Å². The zero-order valence-corrected chi connectivity index (χ0v) is 16.8.